The Bertz CT molecular complexity index is 2120. The summed E-state index contributed by atoms with van der Waals surface area (Å²) < 4.78 is 160. The number of hydrogen-bond acceptors (Lipinski definition) is 6. The van der Waals surface area contributed by atoms with Gasteiger partial charge in [-0.15, -0.1) is 45.3 Å². The molecule has 6 aromatic rings. The van der Waals surface area contributed by atoms with Crippen molar-refractivity contribution in [1.82, 2.24) is 0 Å². The number of anilines is 6. The number of thiophene rings is 4. The molecule has 2 aromatic carbocycles. The lowest BCUT2D eigenvalue weighted by Crippen LogP contribution is -2.17. The van der Waals surface area contributed by atoms with Gasteiger partial charge in [0.25, 0.3) is 0 Å². The molecule has 0 N–H and O–H groups in total. The van der Waals surface area contributed by atoms with Crippen LogP contribution in [0.4, 0.5) is 84.1 Å². The number of fused-ring (bicyclic) bond motifs is 3. The van der Waals surface area contributed by atoms with E-state index in [1.54, 1.807) is 21.9 Å². The van der Waals surface area contributed by atoms with E-state index in [9.17, 15) is 52.7 Å². The smallest absolute Gasteiger partial charge is 0.293 e. The summed E-state index contributed by atoms with van der Waals surface area (Å²) in [5, 5.41) is 1.45. The lowest BCUT2D eigenvalue weighted by molar-refractivity contribution is -0.127. The number of nitrogens with zero attached hydrogens (tertiary/aromatic N) is 2. The van der Waals surface area contributed by atoms with Gasteiger partial charge in [0.1, 0.15) is 20.0 Å². The molecule has 4 aromatic heterocycles. The fourth-order valence-electron chi connectivity index (χ4n) is 6.84. The van der Waals surface area contributed by atoms with E-state index in [0.717, 1.165) is 67.6 Å². The predicted octanol–water partition coefficient (Wildman–Crippen LogP) is 15.6. The molecule has 57 heavy (non-hydrogen) atoms. The Morgan fingerprint density at radius 3 is 0.912 bits per heavy atom. The van der Waals surface area contributed by atoms with Gasteiger partial charge in [-0.25, -0.2) is 0 Å². The van der Waals surface area contributed by atoms with Crippen LogP contribution < -0.4 is 9.80 Å². The molecule has 1 aliphatic rings. The average molecular weight is 881 g/mol. The Kier molecular flexibility index (Phi) is 10.6. The van der Waals surface area contributed by atoms with Crippen molar-refractivity contribution in [1.29, 1.82) is 0 Å². The highest BCUT2D eigenvalue weighted by atomic mass is 32.1. The summed E-state index contributed by atoms with van der Waals surface area (Å²) in [5.41, 5.74) is 3.39. The molecule has 4 heterocycles. The Morgan fingerprint density at radius 2 is 0.667 bits per heavy atom. The normalized spacial score (nSPS) is 14.2. The van der Waals surface area contributed by atoms with Crippen molar-refractivity contribution in [3.8, 4) is 11.1 Å². The quantitative estimate of drug-likeness (QED) is 0.127. The number of benzene rings is 2. The fraction of sp³-hybridized carbons (Fsp3) is 0.282. The second-order valence-corrected chi connectivity index (χ2v) is 18.5. The Balaban J connectivity index is 1.29. The molecule has 0 fully saturated rings. The summed E-state index contributed by atoms with van der Waals surface area (Å²) >= 11 is 3.49. The van der Waals surface area contributed by atoms with Crippen LogP contribution in [0.3, 0.4) is 0 Å². The molecule has 7 rings (SSSR count). The van der Waals surface area contributed by atoms with Crippen LogP contribution in [0.2, 0.25) is 0 Å². The first-order valence-electron chi connectivity index (χ1n) is 16.9. The van der Waals surface area contributed by atoms with Crippen molar-refractivity contribution in [3.63, 3.8) is 0 Å². The molecule has 302 valence electrons. The number of hydrogen-bond donors (Lipinski definition) is 0. The molecule has 2 nitrogen and oxygen atoms in total. The van der Waals surface area contributed by atoms with Gasteiger partial charge in [0.15, 0.2) is 0 Å². The third-order valence-corrected chi connectivity index (χ3v) is 13.4. The van der Waals surface area contributed by atoms with Gasteiger partial charge in [0, 0.05) is 36.3 Å². The van der Waals surface area contributed by atoms with Crippen LogP contribution in [0.15, 0.2) is 84.9 Å². The topological polar surface area (TPSA) is 6.48 Å². The van der Waals surface area contributed by atoms with Crippen molar-refractivity contribution in [2.24, 2.45) is 0 Å². The van der Waals surface area contributed by atoms with Gasteiger partial charge in [0.05, 0.1) is 25.7 Å². The number of halogens is 12. The zero-order valence-corrected chi connectivity index (χ0v) is 32.7. The van der Waals surface area contributed by atoms with Gasteiger partial charge in [-0.05, 0) is 95.1 Å². The lowest BCUT2D eigenvalue weighted by Gasteiger charge is -2.27. The molecule has 0 aliphatic heterocycles. The van der Waals surface area contributed by atoms with Gasteiger partial charge in [-0.3, -0.25) is 9.80 Å². The third-order valence-electron chi connectivity index (χ3n) is 9.13. The lowest BCUT2D eigenvalue weighted by atomic mass is 9.82. The molecule has 0 atom stereocenters. The molecule has 0 amide bonds. The van der Waals surface area contributed by atoms with Gasteiger partial charge in [-0.2, -0.15) is 52.7 Å². The zero-order valence-electron chi connectivity index (χ0n) is 29.5. The monoisotopic (exact) mass is 880 g/mol. The van der Waals surface area contributed by atoms with E-state index < -0.39 is 55.8 Å². The summed E-state index contributed by atoms with van der Waals surface area (Å²) in [6, 6.07) is 22.1. The maximum absolute atomic E-state index is 13.3. The minimum absolute atomic E-state index is 0.0214. The molecular weight excluding hydrogens is 853 g/mol. The molecule has 0 saturated heterocycles. The zero-order chi connectivity index (χ0) is 41.3. The summed E-state index contributed by atoms with van der Waals surface area (Å²) in [6.07, 6.45) is -22.6. The fourth-order valence-corrected chi connectivity index (χ4v) is 11.2. The van der Waals surface area contributed by atoms with E-state index in [2.05, 4.69) is 0 Å². The first-order chi connectivity index (χ1) is 26.4. The van der Waals surface area contributed by atoms with Crippen molar-refractivity contribution in [2.75, 3.05) is 9.80 Å². The molecule has 1 aliphatic carbocycles. The van der Waals surface area contributed by atoms with Crippen molar-refractivity contribution < 1.29 is 52.7 Å². The van der Waals surface area contributed by atoms with Crippen LogP contribution in [0, 0.1) is 0 Å². The first kappa shape index (κ1) is 41.2. The second kappa shape index (κ2) is 14.7. The van der Waals surface area contributed by atoms with Gasteiger partial charge in [0.2, 0.25) is 0 Å². The Labute approximate surface area is 334 Å². The summed E-state index contributed by atoms with van der Waals surface area (Å²) in [5.74, 6) is 0. The number of rotatable bonds is 10. The van der Waals surface area contributed by atoms with E-state index >= 15 is 0 Å². The molecule has 18 heteroatoms. The van der Waals surface area contributed by atoms with E-state index in [-0.39, 0.29) is 19.5 Å². The Morgan fingerprint density at radius 1 is 0.404 bits per heavy atom. The largest absolute Gasteiger partial charge is 0.393 e. The second-order valence-electron chi connectivity index (χ2n) is 13.9. The van der Waals surface area contributed by atoms with Gasteiger partial charge < -0.3 is 0 Å². The van der Waals surface area contributed by atoms with Gasteiger partial charge in [-0.1, -0.05) is 26.0 Å². The summed E-state index contributed by atoms with van der Waals surface area (Å²) in [6.45, 7) is 3.86. The highest BCUT2D eigenvalue weighted by molar-refractivity contribution is 7.19. The van der Waals surface area contributed by atoms with Crippen LogP contribution in [0.1, 0.15) is 44.5 Å². The van der Waals surface area contributed by atoms with Crippen LogP contribution in [-0.2, 0) is 31.1 Å². The van der Waals surface area contributed by atoms with E-state index in [1.807, 2.05) is 38.1 Å². The highest BCUT2D eigenvalue weighted by Crippen LogP contribution is 2.54. The molecule has 0 saturated carbocycles. The first-order valence-corrected chi connectivity index (χ1v) is 20.2. The molecule has 0 spiro atoms. The minimum atomic E-state index is -4.47. The molecule has 0 radical (unpaired) electrons. The van der Waals surface area contributed by atoms with Crippen LogP contribution in [-0.4, -0.2) is 24.7 Å². The average Bonchev–Trinajstić information content (AvgIpc) is 3.91. The van der Waals surface area contributed by atoms with Gasteiger partial charge >= 0.3 is 24.7 Å². The SMILES string of the molecule is CC1(C)c2cc(N(c3ccc(CC(F)(F)F)s3)c3ccc(CC(F)(F)F)s3)ccc2-c2ccc(N(c3ccc(CC(F)(F)F)s3)c3ccc(CC(F)(F)F)s3)cc21. The van der Waals surface area contributed by atoms with Crippen molar-refractivity contribution in [2.45, 2.75) is 69.7 Å². The van der Waals surface area contributed by atoms with E-state index in [4.69, 9.17) is 0 Å². The maximum Gasteiger partial charge on any atom is 0.393 e. The van der Waals surface area contributed by atoms with Crippen molar-refractivity contribution in [3.05, 3.63) is 116 Å². The van der Waals surface area contributed by atoms with E-state index in [1.165, 1.54) is 48.5 Å². The Hall–Kier alpha value is -4.00. The van der Waals surface area contributed by atoms with Crippen LogP contribution in [0.5, 0.6) is 0 Å². The molecule has 0 bridgehead atoms. The predicted molar refractivity (Wildman–Crippen MR) is 204 cm³/mol. The number of alkyl halides is 12. The minimum Gasteiger partial charge on any atom is -0.293 e. The third kappa shape index (κ3) is 9.34. The standard InChI is InChI=1S/C39H28F12N2S4/c1-35(2)29-15-21(52(31-11-5-23(54-31)17-36(40,41)42)32-12-6-24(55-32)18-37(43,44)45)3-9-27(29)28-10-4-22(16-30(28)35)53(33-13-7-25(56-33)19-38(46,47)48)34-14-8-26(57-34)20-39(49,50)51/h3-16H,17-20H2,1-2H3. The molecule has 0 unspecified atom stereocenters. The van der Waals surface area contributed by atoms with Crippen molar-refractivity contribution >= 4 is 76.7 Å². The summed E-state index contributed by atoms with van der Waals surface area (Å²) in [7, 11) is 0. The summed E-state index contributed by atoms with van der Waals surface area (Å²) in [4.78, 5) is 3.35. The maximum atomic E-state index is 13.3. The molecular formula is C39H28F12N2S4. The highest BCUT2D eigenvalue weighted by Gasteiger charge is 2.38. The van der Waals surface area contributed by atoms with Crippen LogP contribution in [0.25, 0.3) is 11.1 Å². The van der Waals surface area contributed by atoms with Crippen LogP contribution >= 0.6 is 45.3 Å². The van der Waals surface area contributed by atoms with E-state index in [0.29, 0.717) is 31.4 Å².